The van der Waals surface area contributed by atoms with Gasteiger partial charge in [0.1, 0.15) is 0 Å². The van der Waals surface area contributed by atoms with Crippen molar-refractivity contribution in [2.75, 3.05) is 24.7 Å². The van der Waals surface area contributed by atoms with Gasteiger partial charge in [-0.2, -0.15) is 0 Å². The Morgan fingerprint density at radius 1 is 1.29 bits per heavy atom. The standard InChI is InChI=1S/C17H24N2O4S/c1-24(22,23)16-5-3-2-4-15(16)18-13-8-14(9-13)19(11-17(20)21)10-12-6-7-12/h2-5,12-14,18H,6-11H2,1H3,(H,20,21). The van der Waals surface area contributed by atoms with Gasteiger partial charge in [-0.05, 0) is 43.7 Å². The zero-order valence-corrected chi connectivity index (χ0v) is 14.6. The Kier molecular flexibility index (Phi) is 4.83. The van der Waals surface area contributed by atoms with Crippen molar-refractivity contribution in [1.29, 1.82) is 0 Å². The Morgan fingerprint density at radius 3 is 2.54 bits per heavy atom. The van der Waals surface area contributed by atoms with E-state index in [1.807, 2.05) is 6.07 Å². The first kappa shape index (κ1) is 17.2. The molecule has 2 saturated carbocycles. The van der Waals surface area contributed by atoms with E-state index in [0.717, 1.165) is 19.4 Å². The fourth-order valence-electron chi connectivity index (χ4n) is 3.28. The summed E-state index contributed by atoms with van der Waals surface area (Å²) in [7, 11) is -3.27. The number of rotatable bonds is 8. The van der Waals surface area contributed by atoms with Crippen LogP contribution in [0.25, 0.3) is 0 Å². The van der Waals surface area contributed by atoms with Gasteiger partial charge in [0.25, 0.3) is 0 Å². The Bertz CT molecular complexity index is 709. The van der Waals surface area contributed by atoms with E-state index in [4.69, 9.17) is 5.11 Å². The molecule has 132 valence electrons. The van der Waals surface area contributed by atoms with Crippen LogP contribution < -0.4 is 5.32 Å². The van der Waals surface area contributed by atoms with Crippen molar-refractivity contribution in [3.05, 3.63) is 24.3 Å². The molecule has 0 heterocycles. The molecule has 6 nitrogen and oxygen atoms in total. The lowest BCUT2D eigenvalue weighted by molar-refractivity contribution is -0.139. The van der Waals surface area contributed by atoms with Crippen LogP contribution in [0.4, 0.5) is 5.69 Å². The number of carbonyl (C=O) groups is 1. The number of para-hydroxylation sites is 1. The molecule has 0 radical (unpaired) electrons. The lowest BCUT2D eigenvalue weighted by atomic mass is 9.85. The van der Waals surface area contributed by atoms with Crippen LogP contribution in [-0.2, 0) is 14.6 Å². The van der Waals surface area contributed by atoms with Gasteiger partial charge in [0.15, 0.2) is 9.84 Å². The number of anilines is 1. The van der Waals surface area contributed by atoms with E-state index in [1.54, 1.807) is 18.2 Å². The van der Waals surface area contributed by atoms with E-state index in [2.05, 4.69) is 10.2 Å². The fraction of sp³-hybridized carbons (Fsp3) is 0.588. The molecule has 0 aromatic heterocycles. The summed E-state index contributed by atoms with van der Waals surface area (Å²) >= 11 is 0. The highest BCUT2D eigenvalue weighted by atomic mass is 32.2. The molecular formula is C17H24N2O4S. The maximum atomic E-state index is 11.9. The molecule has 0 spiro atoms. The first-order valence-electron chi connectivity index (χ1n) is 8.34. The van der Waals surface area contributed by atoms with Gasteiger partial charge in [0.05, 0.1) is 17.1 Å². The molecule has 24 heavy (non-hydrogen) atoms. The molecule has 2 aliphatic rings. The summed E-state index contributed by atoms with van der Waals surface area (Å²) in [6.07, 6.45) is 5.30. The largest absolute Gasteiger partial charge is 0.480 e. The minimum Gasteiger partial charge on any atom is -0.480 e. The maximum Gasteiger partial charge on any atom is 0.317 e. The SMILES string of the molecule is CS(=O)(=O)c1ccccc1NC1CC(N(CC(=O)O)CC2CC2)C1. The molecule has 0 aliphatic heterocycles. The molecule has 1 aromatic carbocycles. The topological polar surface area (TPSA) is 86.7 Å². The summed E-state index contributed by atoms with van der Waals surface area (Å²) in [6, 6.07) is 7.38. The molecular weight excluding hydrogens is 328 g/mol. The normalized spacial score (nSPS) is 23.8. The van der Waals surface area contributed by atoms with Crippen LogP contribution in [0.1, 0.15) is 25.7 Å². The van der Waals surface area contributed by atoms with E-state index in [-0.39, 0.29) is 18.6 Å². The van der Waals surface area contributed by atoms with Gasteiger partial charge in [-0.25, -0.2) is 8.42 Å². The summed E-state index contributed by atoms with van der Waals surface area (Å²) in [5.41, 5.74) is 0.635. The highest BCUT2D eigenvalue weighted by molar-refractivity contribution is 7.90. The number of carboxylic acid groups (broad SMARTS) is 1. The van der Waals surface area contributed by atoms with Gasteiger partial charge in [-0.3, -0.25) is 9.69 Å². The Labute approximate surface area is 142 Å². The number of aliphatic carboxylic acids is 1. The van der Waals surface area contributed by atoms with Gasteiger partial charge in [0, 0.05) is 24.9 Å². The molecule has 3 rings (SSSR count). The van der Waals surface area contributed by atoms with Crippen LogP contribution in [0, 0.1) is 5.92 Å². The lowest BCUT2D eigenvalue weighted by Crippen LogP contribution is -2.52. The summed E-state index contributed by atoms with van der Waals surface area (Å²) in [4.78, 5) is 13.4. The van der Waals surface area contributed by atoms with Crippen molar-refractivity contribution in [3.8, 4) is 0 Å². The van der Waals surface area contributed by atoms with Crippen molar-refractivity contribution in [3.63, 3.8) is 0 Å². The maximum absolute atomic E-state index is 11.9. The van der Waals surface area contributed by atoms with Gasteiger partial charge in [0.2, 0.25) is 0 Å². The average Bonchev–Trinajstić information content (AvgIpc) is 3.24. The van der Waals surface area contributed by atoms with Crippen molar-refractivity contribution < 1.29 is 18.3 Å². The quantitative estimate of drug-likeness (QED) is 0.742. The van der Waals surface area contributed by atoms with Crippen LogP contribution >= 0.6 is 0 Å². The number of carboxylic acids is 1. The number of nitrogens with zero attached hydrogens (tertiary/aromatic N) is 1. The van der Waals surface area contributed by atoms with Crippen molar-refractivity contribution in [2.45, 2.75) is 42.7 Å². The van der Waals surface area contributed by atoms with Gasteiger partial charge >= 0.3 is 5.97 Å². The number of sulfone groups is 1. The summed E-state index contributed by atoms with van der Waals surface area (Å²) in [5.74, 6) is -0.128. The molecule has 2 N–H and O–H groups in total. The van der Waals surface area contributed by atoms with Crippen LogP contribution in [-0.4, -0.2) is 55.8 Å². The second kappa shape index (κ2) is 6.72. The average molecular weight is 352 g/mol. The molecule has 0 saturated heterocycles. The van der Waals surface area contributed by atoms with Crippen LogP contribution in [0.15, 0.2) is 29.2 Å². The molecule has 0 unspecified atom stereocenters. The van der Waals surface area contributed by atoms with Crippen LogP contribution in [0.3, 0.4) is 0 Å². The van der Waals surface area contributed by atoms with Crippen molar-refractivity contribution >= 4 is 21.5 Å². The van der Waals surface area contributed by atoms with E-state index in [0.29, 0.717) is 16.5 Å². The van der Waals surface area contributed by atoms with E-state index in [9.17, 15) is 13.2 Å². The van der Waals surface area contributed by atoms with Crippen molar-refractivity contribution in [1.82, 2.24) is 4.90 Å². The summed E-state index contributed by atoms with van der Waals surface area (Å²) in [5, 5.41) is 12.4. The van der Waals surface area contributed by atoms with Gasteiger partial charge in [-0.1, -0.05) is 12.1 Å². The monoisotopic (exact) mass is 352 g/mol. The first-order valence-corrected chi connectivity index (χ1v) is 10.2. The molecule has 7 heteroatoms. The second-order valence-electron chi connectivity index (χ2n) is 7.00. The van der Waals surface area contributed by atoms with E-state index < -0.39 is 15.8 Å². The van der Waals surface area contributed by atoms with Crippen molar-refractivity contribution in [2.24, 2.45) is 5.92 Å². The predicted octanol–water partition coefficient (Wildman–Crippen LogP) is 1.83. The number of benzene rings is 1. The van der Waals surface area contributed by atoms with Gasteiger partial charge in [-0.15, -0.1) is 0 Å². The van der Waals surface area contributed by atoms with Crippen LogP contribution in [0.2, 0.25) is 0 Å². The Balaban J connectivity index is 1.59. The third-order valence-electron chi connectivity index (χ3n) is 4.80. The number of nitrogens with one attached hydrogen (secondary N) is 1. The smallest absolute Gasteiger partial charge is 0.317 e. The molecule has 2 aliphatic carbocycles. The molecule has 2 fully saturated rings. The fourth-order valence-corrected chi connectivity index (χ4v) is 4.13. The highest BCUT2D eigenvalue weighted by Crippen LogP contribution is 2.35. The molecule has 0 bridgehead atoms. The highest BCUT2D eigenvalue weighted by Gasteiger charge is 2.37. The molecule has 0 atom stereocenters. The molecule has 1 aromatic rings. The third kappa shape index (κ3) is 4.27. The first-order chi connectivity index (χ1) is 11.3. The lowest BCUT2D eigenvalue weighted by Gasteiger charge is -2.43. The summed E-state index contributed by atoms with van der Waals surface area (Å²) < 4.78 is 23.7. The predicted molar refractivity (Wildman–Crippen MR) is 91.9 cm³/mol. The minimum atomic E-state index is -3.27. The number of hydrogen-bond acceptors (Lipinski definition) is 5. The third-order valence-corrected chi connectivity index (χ3v) is 5.96. The van der Waals surface area contributed by atoms with Crippen LogP contribution in [0.5, 0.6) is 0 Å². The Hall–Kier alpha value is -1.60. The second-order valence-corrected chi connectivity index (χ2v) is 8.99. The van der Waals surface area contributed by atoms with E-state index in [1.165, 1.54) is 19.1 Å². The summed E-state index contributed by atoms with van der Waals surface area (Å²) in [6.45, 7) is 0.956. The zero-order valence-electron chi connectivity index (χ0n) is 13.8. The number of hydrogen-bond donors (Lipinski definition) is 2. The minimum absolute atomic E-state index is 0.0911. The molecule has 0 amide bonds. The van der Waals surface area contributed by atoms with Gasteiger partial charge < -0.3 is 10.4 Å². The zero-order chi connectivity index (χ0) is 17.3. The Morgan fingerprint density at radius 2 is 1.96 bits per heavy atom. The van der Waals surface area contributed by atoms with E-state index >= 15 is 0 Å².